The predicted molar refractivity (Wildman–Crippen MR) is 107 cm³/mol. The van der Waals surface area contributed by atoms with E-state index in [-0.39, 0.29) is 17.3 Å². The molecule has 0 aliphatic heterocycles. The third-order valence-corrected chi connectivity index (χ3v) is 6.18. The van der Waals surface area contributed by atoms with Gasteiger partial charge in [0.2, 0.25) is 21.8 Å². The lowest BCUT2D eigenvalue weighted by molar-refractivity contribution is -0.116. The Labute approximate surface area is 163 Å². The van der Waals surface area contributed by atoms with Gasteiger partial charge in [0.1, 0.15) is 0 Å². The number of sulfonamides is 1. The Bertz CT molecular complexity index is 911. The first kappa shape index (κ1) is 20.9. The van der Waals surface area contributed by atoms with Gasteiger partial charge in [-0.1, -0.05) is 0 Å². The summed E-state index contributed by atoms with van der Waals surface area (Å²) >= 11 is 1.52. The van der Waals surface area contributed by atoms with E-state index in [1.807, 2.05) is 6.26 Å². The van der Waals surface area contributed by atoms with Crippen molar-refractivity contribution in [3.8, 4) is 0 Å². The fourth-order valence-electron chi connectivity index (χ4n) is 2.26. The van der Waals surface area contributed by atoms with E-state index >= 15 is 0 Å². The summed E-state index contributed by atoms with van der Waals surface area (Å²) in [4.78, 5) is 24.3. The number of carbonyl (C=O) groups is 2. The zero-order chi connectivity index (χ0) is 20.0. The summed E-state index contributed by atoms with van der Waals surface area (Å²) in [6, 6.07) is 13.0. The van der Waals surface area contributed by atoms with Gasteiger partial charge in [-0.15, -0.1) is 11.8 Å². The fourth-order valence-corrected chi connectivity index (χ4v) is 3.79. The van der Waals surface area contributed by atoms with E-state index < -0.39 is 15.9 Å². The maximum Gasteiger partial charge on any atom is 0.243 e. The normalized spacial score (nSPS) is 11.3. The minimum Gasteiger partial charge on any atom is -0.326 e. The molecule has 0 unspecified atom stereocenters. The van der Waals surface area contributed by atoms with Gasteiger partial charge in [-0.05, 0) is 54.8 Å². The lowest BCUT2D eigenvalue weighted by atomic mass is 10.2. The van der Waals surface area contributed by atoms with E-state index in [4.69, 9.17) is 0 Å². The van der Waals surface area contributed by atoms with Gasteiger partial charge in [0.05, 0.1) is 11.4 Å². The van der Waals surface area contributed by atoms with Crippen molar-refractivity contribution in [2.45, 2.75) is 16.7 Å². The second-order valence-electron chi connectivity index (χ2n) is 5.74. The fraction of sp³-hybridized carbons (Fsp3) is 0.222. The number of amides is 2. The molecule has 0 heterocycles. The van der Waals surface area contributed by atoms with Gasteiger partial charge in [0.15, 0.2) is 0 Å². The predicted octanol–water partition coefficient (Wildman–Crippen LogP) is 2.63. The SMILES string of the molecule is CSc1ccc(S(=O)(=O)N(C)CC(=O)Nc2ccc(NC(C)=O)cc2)cc1. The number of hydrogen-bond donors (Lipinski definition) is 2. The number of rotatable bonds is 7. The molecule has 2 N–H and O–H groups in total. The first-order chi connectivity index (χ1) is 12.7. The highest BCUT2D eigenvalue weighted by Gasteiger charge is 2.23. The topological polar surface area (TPSA) is 95.6 Å². The molecule has 7 nitrogen and oxygen atoms in total. The van der Waals surface area contributed by atoms with Crippen LogP contribution >= 0.6 is 11.8 Å². The summed E-state index contributed by atoms with van der Waals surface area (Å²) < 4.78 is 26.1. The quantitative estimate of drug-likeness (QED) is 0.688. The zero-order valence-electron chi connectivity index (χ0n) is 15.2. The first-order valence-corrected chi connectivity index (χ1v) is 10.7. The minimum absolute atomic E-state index is 0.135. The van der Waals surface area contributed by atoms with Crippen LogP contribution < -0.4 is 10.6 Å². The van der Waals surface area contributed by atoms with Crippen LogP contribution in [0.1, 0.15) is 6.92 Å². The van der Waals surface area contributed by atoms with Gasteiger partial charge in [0.25, 0.3) is 0 Å². The summed E-state index contributed by atoms with van der Waals surface area (Å²) in [5.41, 5.74) is 1.11. The Morgan fingerprint density at radius 1 is 0.963 bits per heavy atom. The van der Waals surface area contributed by atoms with Gasteiger partial charge >= 0.3 is 0 Å². The Balaban J connectivity index is 2.00. The number of benzene rings is 2. The molecule has 9 heteroatoms. The standard InChI is InChI=1S/C18H21N3O4S2/c1-13(22)19-14-4-6-15(7-5-14)20-18(23)12-21(2)27(24,25)17-10-8-16(26-3)9-11-17/h4-11H,12H2,1-3H3,(H,19,22)(H,20,23). The van der Waals surface area contributed by atoms with Crippen LogP contribution in [0.25, 0.3) is 0 Å². The molecule has 2 amide bonds. The van der Waals surface area contributed by atoms with Crippen LogP contribution in [0.15, 0.2) is 58.3 Å². The molecule has 2 rings (SSSR count). The molecular formula is C18H21N3O4S2. The summed E-state index contributed by atoms with van der Waals surface area (Å²) in [6.07, 6.45) is 1.91. The van der Waals surface area contributed by atoms with Crippen LogP contribution in [-0.4, -0.2) is 44.4 Å². The van der Waals surface area contributed by atoms with Crippen LogP contribution in [0.3, 0.4) is 0 Å². The average Bonchev–Trinajstić information content (AvgIpc) is 2.62. The van der Waals surface area contributed by atoms with Crippen molar-refractivity contribution in [2.75, 3.05) is 30.5 Å². The molecule has 2 aromatic rings. The van der Waals surface area contributed by atoms with Crippen molar-refractivity contribution < 1.29 is 18.0 Å². The van der Waals surface area contributed by atoms with Crippen LogP contribution in [0.2, 0.25) is 0 Å². The molecule has 0 radical (unpaired) electrons. The number of nitrogens with one attached hydrogen (secondary N) is 2. The van der Waals surface area contributed by atoms with Crippen molar-refractivity contribution >= 4 is 45.0 Å². The van der Waals surface area contributed by atoms with Crippen LogP contribution in [-0.2, 0) is 19.6 Å². The van der Waals surface area contributed by atoms with Crippen molar-refractivity contribution in [2.24, 2.45) is 0 Å². The van der Waals surface area contributed by atoms with Crippen molar-refractivity contribution in [3.63, 3.8) is 0 Å². The lowest BCUT2D eigenvalue weighted by Crippen LogP contribution is -2.34. The van der Waals surface area contributed by atoms with E-state index in [0.717, 1.165) is 9.20 Å². The van der Waals surface area contributed by atoms with Crippen molar-refractivity contribution in [1.82, 2.24) is 4.31 Å². The summed E-state index contributed by atoms with van der Waals surface area (Å²) in [5, 5.41) is 5.26. The summed E-state index contributed by atoms with van der Waals surface area (Å²) in [7, 11) is -2.40. The number of carbonyl (C=O) groups excluding carboxylic acids is 2. The largest absolute Gasteiger partial charge is 0.326 e. The highest BCUT2D eigenvalue weighted by atomic mass is 32.2. The molecule has 2 aromatic carbocycles. The monoisotopic (exact) mass is 407 g/mol. The number of hydrogen-bond acceptors (Lipinski definition) is 5. The summed E-state index contributed by atoms with van der Waals surface area (Å²) in [5.74, 6) is -0.654. The average molecular weight is 408 g/mol. The molecule has 0 aliphatic rings. The second-order valence-corrected chi connectivity index (χ2v) is 8.67. The van der Waals surface area contributed by atoms with Crippen molar-refractivity contribution in [1.29, 1.82) is 0 Å². The molecule has 0 aromatic heterocycles. The highest BCUT2D eigenvalue weighted by Crippen LogP contribution is 2.20. The Hall–Kier alpha value is -2.36. The molecule has 0 aliphatic carbocycles. The molecule has 27 heavy (non-hydrogen) atoms. The smallest absolute Gasteiger partial charge is 0.243 e. The second kappa shape index (κ2) is 9.03. The zero-order valence-corrected chi connectivity index (χ0v) is 16.9. The van der Waals surface area contributed by atoms with Gasteiger partial charge in [-0.25, -0.2) is 8.42 Å². The van der Waals surface area contributed by atoms with Gasteiger partial charge < -0.3 is 10.6 Å². The van der Waals surface area contributed by atoms with E-state index in [9.17, 15) is 18.0 Å². The summed E-state index contributed by atoms with van der Waals surface area (Å²) in [6.45, 7) is 1.08. The van der Waals surface area contributed by atoms with Crippen LogP contribution in [0, 0.1) is 0 Å². The van der Waals surface area contributed by atoms with Gasteiger partial charge in [-0.3, -0.25) is 9.59 Å². The van der Waals surface area contributed by atoms with Gasteiger partial charge in [0, 0.05) is 30.2 Å². The van der Waals surface area contributed by atoms with Crippen molar-refractivity contribution in [3.05, 3.63) is 48.5 Å². The number of thioether (sulfide) groups is 1. The van der Waals surface area contributed by atoms with Crippen LogP contribution in [0.4, 0.5) is 11.4 Å². The van der Waals surface area contributed by atoms with E-state index in [1.54, 1.807) is 36.4 Å². The number of anilines is 2. The Morgan fingerprint density at radius 2 is 1.48 bits per heavy atom. The molecule has 0 bridgehead atoms. The lowest BCUT2D eigenvalue weighted by Gasteiger charge is -2.17. The molecule has 0 saturated heterocycles. The Morgan fingerprint density at radius 3 is 1.96 bits per heavy atom. The molecule has 0 fully saturated rings. The third kappa shape index (κ3) is 5.81. The Kier molecular flexibility index (Phi) is 7.00. The van der Waals surface area contributed by atoms with E-state index in [0.29, 0.717) is 11.4 Å². The maximum atomic E-state index is 12.6. The first-order valence-electron chi connectivity index (χ1n) is 8.00. The molecule has 0 saturated carbocycles. The van der Waals surface area contributed by atoms with E-state index in [1.165, 1.54) is 37.9 Å². The molecule has 144 valence electrons. The maximum absolute atomic E-state index is 12.6. The van der Waals surface area contributed by atoms with Gasteiger partial charge in [-0.2, -0.15) is 4.31 Å². The number of nitrogens with zero attached hydrogens (tertiary/aromatic N) is 1. The van der Waals surface area contributed by atoms with Crippen LogP contribution in [0.5, 0.6) is 0 Å². The molecule has 0 spiro atoms. The molecule has 0 atom stereocenters. The van der Waals surface area contributed by atoms with E-state index in [2.05, 4.69) is 10.6 Å². The minimum atomic E-state index is -3.76. The molecular weight excluding hydrogens is 386 g/mol. The third-order valence-electron chi connectivity index (χ3n) is 3.62. The number of likely N-dealkylation sites (N-methyl/N-ethyl adjacent to an activating group) is 1. The highest BCUT2D eigenvalue weighted by molar-refractivity contribution is 7.98.